The molecule has 0 radical (unpaired) electrons. The molecular formula is C15H20N2O4. The zero-order valence-electron chi connectivity index (χ0n) is 12.0. The molecule has 1 amide bonds. The summed E-state index contributed by atoms with van der Waals surface area (Å²) < 4.78 is 5.56. The lowest BCUT2D eigenvalue weighted by molar-refractivity contribution is -0.121. The van der Waals surface area contributed by atoms with Gasteiger partial charge in [0.2, 0.25) is 5.91 Å². The summed E-state index contributed by atoms with van der Waals surface area (Å²) in [5.74, 6) is -1.21. The van der Waals surface area contributed by atoms with Crippen LogP contribution in [0.25, 0.3) is 0 Å². The summed E-state index contributed by atoms with van der Waals surface area (Å²) in [5, 5.41) is 11.9. The first kappa shape index (κ1) is 15.5. The van der Waals surface area contributed by atoms with Crippen LogP contribution in [-0.4, -0.2) is 61.3 Å². The molecule has 2 N–H and O–H groups in total. The minimum Gasteiger partial charge on any atom is -0.478 e. The highest BCUT2D eigenvalue weighted by atomic mass is 16.5. The van der Waals surface area contributed by atoms with Gasteiger partial charge in [-0.2, -0.15) is 0 Å². The number of nitrogens with zero attached hydrogens (tertiary/aromatic N) is 1. The maximum Gasteiger partial charge on any atom is 0.335 e. The van der Waals surface area contributed by atoms with Crippen molar-refractivity contribution in [2.75, 3.05) is 33.3 Å². The van der Waals surface area contributed by atoms with E-state index in [1.807, 2.05) is 7.05 Å². The predicted octanol–water partition coefficient (Wildman–Crippen LogP) is 0.374. The number of hydrogen-bond donors (Lipinski definition) is 2. The van der Waals surface area contributed by atoms with Gasteiger partial charge in [-0.3, -0.25) is 4.79 Å². The zero-order valence-corrected chi connectivity index (χ0v) is 12.0. The van der Waals surface area contributed by atoms with Crippen LogP contribution in [0.3, 0.4) is 0 Å². The van der Waals surface area contributed by atoms with Crippen molar-refractivity contribution in [2.24, 2.45) is 0 Å². The van der Waals surface area contributed by atoms with E-state index in [0.717, 1.165) is 13.1 Å². The fourth-order valence-electron chi connectivity index (χ4n) is 2.34. The molecule has 21 heavy (non-hydrogen) atoms. The van der Waals surface area contributed by atoms with Crippen LogP contribution in [-0.2, 0) is 16.0 Å². The Kier molecular flexibility index (Phi) is 5.30. The minimum atomic E-state index is -1.02. The lowest BCUT2D eigenvalue weighted by atomic mass is 10.0. The van der Waals surface area contributed by atoms with Crippen molar-refractivity contribution in [3.63, 3.8) is 0 Å². The number of aromatic carboxylic acids is 1. The molecule has 2 rings (SSSR count). The predicted molar refractivity (Wildman–Crippen MR) is 77.4 cm³/mol. The van der Waals surface area contributed by atoms with Gasteiger partial charge in [-0.15, -0.1) is 0 Å². The quantitative estimate of drug-likeness (QED) is 0.820. The average molecular weight is 292 g/mol. The monoisotopic (exact) mass is 292 g/mol. The highest BCUT2D eigenvalue weighted by molar-refractivity contribution is 5.91. The van der Waals surface area contributed by atoms with Crippen LogP contribution >= 0.6 is 0 Å². The van der Waals surface area contributed by atoms with Crippen LogP contribution in [0.15, 0.2) is 24.3 Å². The smallest absolute Gasteiger partial charge is 0.335 e. The van der Waals surface area contributed by atoms with Gasteiger partial charge >= 0.3 is 5.97 Å². The normalized spacial score (nSPS) is 19.2. The Morgan fingerprint density at radius 2 is 2.19 bits per heavy atom. The van der Waals surface area contributed by atoms with Crippen molar-refractivity contribution >= 4 is 11.9 Å². The van der Waals surface area contributed by atoms with Crippen LogP contribution in [0.1, 0.15) is 15.9 Å². The second-order valence-corrected chi connectivity index (χ2v) is 5.20. The number of hydrogen-bond acceptors (Lipinski definition) is 4. The van der Waals surface area contributed by atoms with E-state index in [1.54, 1.807) is 18.2 Å². The number of carboxylic acids is 1. The van der Waals surface area contributed by atoms with Crippen molar-refractivity contribution < 1.29 is 19.4 Å². The molecule has 1 aliphatic rings. The Hall–Kier alpha value is -1.92. The van der Waals surface area contributed by atoms with E-state index < -0.39 is 5.97 Å². The molecule has 6 nitrogen and oxygen atoms in total. The van der Waals surface area contributed by atoms with Gasteiger partial charge in [0.1, 0.15) is 0 Å². The molecule has 0 saturated carbocycles. The highest BCUT2D eigenvalue weighted by Gasteiger charge is 2.19. The van der Waals surface area contributed by atoms with E-state index in [-0.39, 0.29) is 24.0 Å². The van der Waals surface area contributed by atoms with Crippen molar-refractivity contribution in [3.05, 3.63) is 35.4 Å². The maximum absolute atomic E-state index is 11.9. The number of carboxylic acid groups (broad SMARTS) is 1. The molecule has 1 atom stereocenters. The van der Waals surface area contributed by atoms with Gasteiger partial charge in [-0.1, -0.05) is 18.2 Å². The molecule has 114 valence electrons. The molecule has 1 aliphatic heterocycles. The van der Waals surface area contributed by atoms with E-state index in [4.69, 9.17) is 9.84 Å². The Morgan fingerprint density at radius 1 is 1.43 bits per heavy atom. The third-order valence-electron chi connectivity index (χ3n) is 3.47. The first-order chi connectivity index (χ1) is 10.1. The molecular weight excluding hydrogens is 272 g/mol. The first-order valence-electron chi connectivity index (χ1n) is 6.94. The van der Waals surface area contributed by atoms with Crippen LogP contribution in [0.2, 0.25) is 0 Å². The van der Waals surface area contributed by atoms with E-state index in [0.29, 0.717) is 18.7 Å². The standard InChI is InChI=1S/C15H20N2O4/c1-17-6-7-21-12(10-17)9-16-14(18)8-11-4-2-3-5-13(11)15(19)20/h2-5,12H,6-10H2,1H3,(H,16,18)(H,19,20). The van der Waals surface area contributed by atoms with E-state index in [2.05, 4.69) is 10.2 Å². The minimum absolute atomic E-state index is 0.0117. The topological polar surface area (TPSA) is 78.9 Å². The number of carbonyl (C=O) groups excluding carboxylic acids is 1. The van der Waals surface area contributed by atoms with Gasteiger partial charge in [-0.25, -0.2) is 4.79 Å². The number of amides is 1. The molecule has 1 heterocycles. The number of benzene rings is 1. The number of ether oxygens (including phenoxy) is 1. The van der Waals surface area contributed by atoms with Gasteiger partial charge in [0.25, 0.3) is 0 Å². The van der Waals surface area contributed by atoms with Gasteiger partial charge in [0.05, 0.1) is 24.7 Å². The second kappa shape index (κ2) is 7.19. The number of nitrogens with one attached hydrogen (secondary N) is 1. The SMILES string of the molecule is CN1CCOC(CNC(=O)Cc2ccccc2C(=O)O)C1. The van der Waals surface area contributed by atoms with E-state index in [9.17, 15) is 9.59 Å². The van der Waals surface area contributed by atoms with E-state index >= 15 is 0 Å². The molecule has 1 aromatic carbocycles. The Morgan fingerprint density at radius 3 is 2.90 bits per heavy atom. The van der Waals surface area contributed by atoms with Crippen LogP contribution in [0.5, 0.6) is 0 Å². The van der Waals surface area contributed by atoms with Gasteiger partial charge in [0.15, 0.2) is 0 Å². The molecule has 6 heteroatoms. The van der Waals surface area contributed by atoms with Crippen molar-refractivity contribution in [2.45, 2.75) is 12.5 Å². The summed E-state index contributed by atoms with van der Waals surface area (Å²) in [4.78, 5) is 25.2. The third kappa shape index (κ3) is 4.54. The summed E-state index contributed by atoms with van der Waals surface area (Å²) in [5.41, 5.74) is 0.686. The number of likely N-dealkylation sites (N-methyl/N-ethyl adjacent to an activating group) is 1. The Balaban J connectivity index is 1.86. The fourth-order valence-corrected chi connectivity index (χ4v) is 2.34. The molecule has 0 bridgehead atoms. The molecule has 0 spiro atoms. The summed E-state index contributed by atoms with van der Waals surface area (Å²) in [6.45, 7) is 2.79. The number of morpholine rings is 1. The molecule has 1 saturated heterocycles. The van der Waals surface area contributed by atoms with E-state index in [1.165, 1.54) is 6.07 Å². The highest BCUT2D eigenvalue weighted by Crippen LogP contribution is 2.09. The van der Waals surface area contributed by atoms with Gasteiger partial charge < -0.3 is 20.1 Å². The Bertz CT molecular complexity index is 518. The van der Waals surface area contributed by atoms with Gasteiger partial charge in [-0.05, 0) is 18.7 Å². The second-order valence-electron chi connectivity index (χ2n) is 5.20. The van der Waals surface area contributed by atoms with Crippen molar-refractivity contribution in [1.29, 1.82) is 0 Å². The van der Waals surface area contributed by atoms with Crippen molar-refractivity contribution in [1.82, 2.24) is 10.2 Å². The summed E-state index contributed by atoms with van der Waals surface area (Å²) in [7, 11) is 2.01. The molecule has 0 aromatic heterocycles. The van der Waals surface area contributed by atoms with Crippen molar-refractivity contribution in [3.8, 4) is 0 Å². The largest absolute Gasteiger partial charge is 0.478 e. The summed E-state index contributed by atoms with van der Waals surface area (Å²) in [6, 6.07) is 6.54. The Labute approximate surface area is 123 Å². The molecule has 0 aliphatic carbocycles. The fraction of sp³-hybridized carbons (Fsp3) is 0.467. The van der Waals surface area contributed by atoms with Crippen LogP contribution < -0.4 is 5.32 Å². The molecule has 1 aromatic rings. The molecule has 1 unspecified atom stereocenters. The third-order valence-corrected chi connectivity index (χ3v) is 3.47. The maximum atomic E-state index is 11.9. The van der Waals surface area contributed by atoms with Gasteiger partial charge in [0, 0.05) is 19.6 Å². The first-order valence-corrected chi connectivity index (χ1v) is 6.94. The summed E-state index contributed by atoms with van der Waals surface area (Å²) >= 11 is 0. The lowest BCUT2D eigenvalue weighted by Gasteiger charge is -2.30. The van der Waals surface area contributed by atoms with Crippen LogP contribution in [0, 0.1) is 0 Å². The average Bonchev–Trinajstić information content (AvgIpc) is 2.45. The summed E-state index contributed by atoms with van der Waals surface area (Å²) in [6.07, 6.45) is 0.0489. The van der Waals surface area contributed by atoms with Crippen LogP contribution in [0.4, 0.5) is 0 Å². The number of carbonyl (C=O) groups is 2. The lowest BCUT2D eigenvalue weighted by Crippen LogP contribution is -2.46. The zero-order chi connectivity index (χ0) is 15.2. The molecule has 1 fully saturated rings. The number of rotatable bonds is 5.